The summed E-state index contributed by atoms with van der Waals surface area (Å²) in [5.74, 6) is -2.35. The minimum Gasteiger partial charge on any atom is -0.465 e. The van der Waals surface area contributed by atoms with Gasteiger partial charge in [-0.3, -0.25) is 9.62 Å². The monoisotopic (exact) mass is 598 g/mol. The average molecular weight is 599 g/mol. The summed E-state index contributed by atoms with van der Waals surface area (Å²) in [6.45, 7) is 5.17. The predicted octanol–water partition coefficient (Wildman–Crippen LogP) is 6.68. The highest BCUT2D eigenvalue weighted by Gasteiger charge is 2.37. The molecule has 1 saturated carbocycles. The summed E-state index contributed by atoms with van der Waals surface area (Å²) in [5, 5.41) is 0. The molecular formula is C28H30F4N2O6S. The molecule has 4 rings (SSSR count). The lowest BCUT2D eigenvalue weighted by molar-refractivity contribution is -0.137. The van der Waals surface area contributed by atoms with E-state index in [1.54, 1.807) is 26.8 Å². The normalized spacial score (nSPS) is 16.2. The van der Waals surface area contributed by atoms with Crippen LogP contribution in [0.25, 0.3) is 5.70 Å². The van der Waals surface area contributed by atoms with Crippen molar-refractivity contribution in [3.05, 3.63) is 64.5 Å². The van der Waals surface area contributed by atoms with E-state index < -0.39 is 61.7 Å². The molecule has 0 bridgehead atoms. The number of nitrogens with zero attached hydrogens (tertiary/aromatic N) is 1. The third-order valence-corrected chi connectivity index (χ3v) is 7.89. The van der Waals surface area contributed by atoms with Crippen LogP contribution in [-0.2, 0) is 25.7 Å². The minimum atomic E-state index is -4.82. The van der Waals surface area contributed by atoms with Crippen molar-refractivity contribution in [2.45, 2.75) is 69.0 Å². The summed E-state index contributed by atoms with van der Waals surface area (Å²) >= 11 is 0. The van der Waals surface area contributed by atoms with E-state index in [1.165, 1.54) is 4.90 Å². The van der Waals surface area contributed by atoms with Crippen LogP contribution in [0, 0.1) is 5.82 Å². The van der Waals surface area contributed by atoms with Gasteiger partial charge in [-0.25, -0.2) is 22.4 Å². The number of alkyl halides is 3. The Bertz CT molecular complexity index is 1510. The Labute approximate surface area is 235 Å². The second-order valence-electron chi connectivity index (χ2n) is 10.9. The van der Waals surface area contributed by atoms with Gasteiger partial charge in [0, 0.05) is 17.7 Å². The number of methoxy groups -OCH3 is 1. The Hall–Kier alpha value is -3.61. The smallest absolute Gasteiger partial charge is 0.416 e. The van der Waals surface area contributed by atoms with E-state index >= 15 is 4.39 Å². The van der Waals surface area contributed by atoms with Gasteiger partial charge in [-0.2, -0.15) is 13.2 Å². The lowest BCUT2D eigenvalue weighted by atomic mass is 10.0. The summed E-state index contributed by atoms with van der Waals surface area (Å²) < 4.78 is 96.0. The van der Waals surface area contributed by atoms with E-state index in [4.69, 9.17) is 4.74 Å². The van der Waals surface area contributed by atoms with Crippen molar-refractivity contribution in [3.63, 3.8) is 0 Å². The lowest BCUT2D eigenvalue weighted by Crippen LogP contribution is -2.37. The van der Waals surface area contributed by atoms with E-state index in [2.05, 4.69) is 9.46 Å². The average Bonchev–Trinajstić information content (AvgIpc) is 3.71. The molecule has 2 aromatic rings. The zero-order chi connectivity index (χ0) is 30.3. The third kappa shape index (κ3) is 6.83. The molecule has 0 saturated heterocycles. The van der Waals surface area contributed by atoms with Gasteiger partial charge in [0.2, 0.25) is 0 Å². The van der Waals surface area contributed by atoms with Crippen LogP contribution in [0.5, 0.6) is 0 Å². The van der Waals surface area contributed by atoms with E-state index in [0.29, 0.717) is 31.7 Å². The highest BCUT2D eigenvalue weighted by molar-refractivity contribution is 7.92. The molecule has 0 atom stereocenters. The van der Waals surface area contributed by atoms with Gasteiger partial charge in [0.1, 0.15) is 11.4 Å². The van der Waals surface area contributed by atoms with Gasteiger partial charge >= 0.3 is 18.2 Å². The number of allylic oxidation sites excluding steroid dienone is 1. The van der Waals surface area contributed by atoms with Crippen LogP contribution in [-0.4, -0.2) is 44.6 Å². The molecule has 0 aromatic heterocycles. The van der Waals surface area contributed by atoms with Gasteiger partial charge in [-0.15, -0.1) is 0 Å². The van der Waals surface area contributed by atoms with E-state index in [0.717, 1.165) is 31.4 Å². The molecule has 0 spiro atoms. The van der Waals surface area contributed by atoms with Crippen LogP contribution in [0.15, 0.2) is 41.3 Å². The number of carbonyl (C=O) groups excluding carboxylic acids is 2. The number of ether oxygens (including phenoxy) is 2. The second-order valence-corrected chi connectivity index (χ2v) is 12.5. The summed E-state index contributed by atoms with van der Waals surface area (Å²) in [4.78, 5) is 25.8. The first-order valence-electron chi connectivity index (χ1n) is 12.9. The van der Waals surface area contributed by atoms with Crippen molar-refractivity contribution in [1.82, 2.24) is 4.90 Å². The van der Waals surface area contributed by atoms with E-state index in [9.17, 15) is 31.2 Å². The Morgan fingerprint density at radius 1 is 1.07 bits per heavy atom. The molecule has 1 N–H and O–H groups in total. The molecule has 1 aliphatic carbocycles. The number of benzene rings is 2. The molecule has 2 aromatic carbocycles. The fraction of sp³-hybridized carbons (Fsp3) is 0.429. The number of esters is 1. The second kappa shape index (κ2) is 11.0. The molecule has 1 amide bonds. The number of rotatable bonds is 6. The van der Waals surface area contributed by atoms with Crippen molar-refractivity contribution >= 4 is 33.5 Å². The van der Waals surface area contributed by atoms with Crippen LogP contribution in [0.4, 0.5) is 28.0 Å². The van der Waals surface area contributed by atoms with Gasteiger partial charge in [0.15, 0.2) is 0 Å². The number of hydrogen-bond donors (Lipinski definition) is 1. The fourth-order valence-electron chi connectivity index (χ4n) is 4.53. The van der Waals surface area contributed by atoms with Crippen molar-refractivity contribution < 1.29 is 45.0 Å². The number of halogens is 4. The van der Waals surface area contributed by atoms with Gasteiger partial charge in [0.25, 0.3) is 10.0 Å². The Balaban J connectivity index is 1.85. The molecular weight excluding hydrogens is 568 g/mol. The van der Waals surface area contributed by atoms with Gasteiger partial charge in [-0.05, 0) is 76.6 Å². The molecule has 2 aliphatic rings. The first-order valence-corrected chi connectivity index (χ1v) is 14.4. The Kier molecular flexibility index (Phi) is 8.14. The summed E-state index contributed by atoms with van der Waals surface area (Å²) in [6, 6.07) is 4.29. The molecule has 8 nitrogen and oxygen atoms in total. The fourth-order valence-corrected chi connectivity index (χ4v) is 5.93. The van der Waals surface area contributed by atoms with Crippen molar-refractivity contribution in [2.75, 3.05) is 18.4 Å². The molecule has 13 heteroatoms. The van der Waals surface area contributed by atoms with Crippen LogP contribution in [0.2, 0.25) is 0 Å². The number of hydrogen-bond acceptors (Lipinski definition) is 6. The first kappa shape index (κ1) is 30.4. The maximum Gasteiger partial charge on any atom is 0.416 e. The number of carbonyl (C=O) groups is 2. The highest BCUT2D eigenvalue weighted by Crippen LogP contribution is 2.45. The van der Waals surface area contributed by atoms with Crippen molar-refractivity contribution in [1.29, 1.82) is 0 Å². The largest absolute Gasteiger partial charge is 0.465 e. The number of sulfonamides is 1. The third-order valence-electron chi connectivity index (χ3n) is 6.48. The summed E-state index contributed by atoms with van der Waals surface area (Å²) in [5.41, 5.74) is -2.86. The zero-order valence-corrected chi connectivity index (χ0v) is 23.7. The zero-order valence-electron chi connectivity index (χ0n) is 22.9. The Morgan fingerprint density at radius 2 is 1.76 bits per heavy atom. The van der Waals surface area contributed by atoms with Gasteiger partial charge in [0.05, 0.1) is 34.5 Å². The lowest BCUT2D eigenvalue weighted by Gasteiger charge is -2.32. The minimum absolute atomic E-state index is 0.00954. The van der Waals surface area contributed by atoms with E-state index in [-0.39, 0.29) is 28.9 Å². The maximum atomic E-state index is 15.1. The number of nitrogens with one attached hydrogen (secondary N) is 1. The van der Waals surface area contributed by atoms with Crippen LogP contribution < -0.4 is 4.72 Å². The van der Waals surface area contributed by atoms with E-state index in [1.807, 2.05) is 0 Å². The van der Waals surface area contributed by atoms with Gasteiger partial charge < -0.3 is 9.47 Å². The maximum absolute atomic E-state index is 15.1. The molecule has 0 unspecified atom stereocenters. The molecule has 41 heavy (non-hydrogen) atoms. The van der Waals surface area contributed by atoms with Crippen molar-refractivity contribution in [3.8, 4) is 0 Å². The molecule has 1 fully saturated rings. The molecule has 0 radical (unpaired) electrons. The van der Waals surface area contributed by atoms with Crippen LogP contribution >= 0.6 is 0 Å². The standard InChI is InChI=1S/C28H30F4N2O6S/c1-27(2,3)40-26(36)34-12-6-5-7-22(34)19-11-10-18(28(30,31)32)15-21(19)33-41(37,38)23-14-17(25(35)39-4)13-20(29)24(23)16-8-9-16/h7,10-11,13-16,33H,5-6,8-9,12H2,1-4H3. The number of anilines is 1. The molecule has 222 valence electrons. The summed E-state index contributed by atoms with van der Waals surface area (Å²) in [7, 11) is -3.71. The summed E-state index contributed by atoms with van der Waals surface area (Å²) in [6.07, 6.45) is -1.93. The predicted molar refractivity (Wildman–Crippen MR) is 142 cm³/mol. The molecule has 1 aliphatic heterocycles. The topological polar surface area (TPSA) is 102 Å². The molecule has 1 heterocycles. The quantitative estimate of drug-likeness (QED) is 0.294. The number of amides is 1. The SMILES string of the molecule is COC(=O)c1cc(F)c(C2CC2)c(S(=O)(=O)Nc2cc(C(F)(F)F)ccc2C2=CCCCN2C(=O)OC(C)(C)C)c1. The van der Waals surface area contributed by atoms with Crippen LogP contribution in [0.3, 0.4) is 0 Å². The first-order chi connectivity index (χ1) is 19.0. The highest BCUT2D eigenvalue weighted by atomic mass is 32.2. The van der Waals surface area contributed by atoms with Crippen LogP contribution in [0.1, 0.15) is 79.4 Å². The van der Waals surface area contributed by atoms with Gasteiger partial charge in [-0.1, -0.05) is 12.1 Å². The van der Waals surface area contributed by atoms with Crippen molar-refractivity contribution in [2.24, 2.45) is 0 Å². The Morgan fingerprint density at radius 3 is 2.34 bits per heavy atom.